The van der Waals surface area contributed by atoms with E-state index in [2.05, 4.69) is 26.5 Å². The Hall–Kier alpha value is -1.18. The number of Topliss-reactive ketones (excluding diaryl/α,β-unsaturated/α-hetero) is 1. The first kappa shape index (κ1) is 15.4. The molecule has 4 aliphatic rings. The molecule has 3 saturated carbocycles. The van der Waals surface area contributed by atoms with Crippen LogP contribution in [0, 0.1) is 34.5 Å². The van der Waals surface area contributed by atoms with Gasteiger partial charge in [0, 0.05) is 18.4 Å². The second kappa shape index (κ2) is 4.91. The highest BCUT2D eigenvalue weighted by Gasteiger charge is 2.60. The van der Waals surface area contributed by atoms with Crippen molar-refractivity contribution in [3.63, 3.8) is 0 Å². The number of hydrogen-bond donors (Lipinski definition) is 0. The normalized spacial score (nSPS) is 49.0. The van der Waals surface area contributed by atoms with E-state index in [1.54, 1.807) is 6.08 Å². The predicted molar refractivity (Wildman–Crippen MR) is 90.8 cm³/mol. The van der Waals surface area contributed by atoms with E-state index in [-0.39, 0.29) is 17.0 Å². The van der Waals surface area contributed by atoms with Gasteiger partial charge in [-0.2, -0.15) is 0 Å². The SMILES string of the molecule is C=C[C@H]1CCC2C3CC(=O)C4=CC(=O)CC[C@]4(C)C3CC[C@@]21C. The molecule has 124 valence electrons. The Labute approximate surface area is 139 Å². The Kier molecular flexibility index (Phi) is 3.28. The first-order chi connectivity index (χ1) is 10.9. The first-order valence-electron chi connectivity index (χ1n) is 9.31. The zero-order chi connectivity index (χ0) is 16.4. The minimum atomic E-state index is -0.0541. The van der Waals surface area contributed by atoms with Crippen LogP contribution in [0.1, 0.15) is 58.8 Å². The maximum absolute atomic E-state index is 12.8. The molecule has 4 aliphatic carbocycles. The van der Waals surface area contributed by atoms with Gasteiger partial charge in [0.25, 0.3) is 0 Å². The fraction of sp³-hybridized carbons (Fsp3) is 0.714. The number of carbonyl (C=O) groups is 2. The van der Waals surface area contributed by atoms with Gasteiger partial charge in [-0.05, 0) is 72.7 Å². The molecule has 3 unspecified atom stereocenters. The van der Waals surface area contributed by atoms with Crippen molar-refractivity contribution in [3.8, 4) is 0 Å². The molecule has 2 heteroatoms. The van der Waals surface area contributed by atoms with Crippen molar-refractivity contribution >= 4 is 11.6 Å². The Morgan fingerprint density at radius 3 is 2.65 bits per heavy atom. The lowest BCUT2D eigenvalue weighted by atomic mass is 9.46. The topological polar surface area (TPSA) is 34.1 Å². The van der Waals surface area contributed by atoms with Gasteiger partial charge in [-0.15, -0.1) is 6.58 Å². The van der Waals surface area contributed by atoms with E-state index in [4.69, 9.17) is 0 Å². The van der Waals surface area contributed by atoms with E-state index in [1.165, 1.54) is 25.7 Å². The molecule has 0 aromatic rings. The summed E-state index contributed by atoms with van der Waals surface area (Å²) in [6, 6.07) is 0. The Morgan fingerprint density at radius 2 is 1.91 bits per heavy atom. The molecular weight excluding hydrogens is 284 g/mol. The molecule has 0 aromatic heterocycles. The van der Waals surface area contributed by atoms with Gasteiger partial charge in [0.1, 0.15) is 0 Å². The van der Waals surface area contributed by atoms with Gasteiger partial charge in [0.15, 0.2) is 11.6 Å². The van der Waals surface area contributed by atoms with Crippen LogP contribution in [-0.2, 0) is 9.59 Å². The maximum Gasteiger partial charge on any atom is 0.159 e. The van der Waals surface area contributed by atoms with Gasteiger partial charge >= 0.3 is 0 Å². The zero-order valence-electron chi connectivity index (χ0n) is 14.4. The summed E-state index contributed by atoms with van der Waals surface area (Å²) in [6.45, 7) is 8.78. The van der Waals surface area contributed by atoms with Crippen LogP contribution in [-0.4, -0.2) is 11.6 Å². The van der Waals surface area contributed by atoms with E-state index < -0.39 is 0 Å². The van der Waals surface area contributed by atoms with Gasteiger partial charge in [-0.25, -0.2) is 0 Å². The molecule has 2 nitrogen and oxygen atoms in total. The lowest BCUT2D eigenvalue weighted by Gasteiger charge is -2.57. The monoisotopic (exact) mass is 312 g/mol. The fourth-order valence-electron chi connectivity index (χ4n) is 6.81. The summed E-state index contributed by atoms with van der Waals surface area (Å²) in [7, 11) is 0. The number of rotatable bonds is 1. The minimum Gasteiger partial charge on any atom is -0.295 e. The van der Waals surface area contributed by atoms with Gasteiger partial charge in [-0.1, -0.05) is 19.9 Å². The summed E-state index contributed by atoms with van der Waals surface area (Å²) in [5.74, 6) is 2.78. The van der Waals surface area contributed by atoms with E-state index in [9.17, 15) is 9.59 Å². The second-order valence-corrected chi connectivity index (χ2v) is 8.91. The van der Waals surface area contributed by atoms with Gasteiger partial charge in [0.2, 0.25) is 0 Å². The predicted octanol–water partition coefficient (Wildman–Crippen LogP) is 4.50. The number of hydrogen-bond acceptors (Lipinski definition) is 2. The van der Waals surface area contributed by atoms with Crippen LogP contribution in [0.3, 0.4) is 0 Å². The van der Waals surface area contributed by atoms with Crippen LogP contribution in [0.2, 0.25) is 0 Å². The molecule has 4 rings (SSSR count). The van der Waals surface area contributed by atoms with Crippen molar-refractivity contribution in [3.05, 3.63) is 24.3 Å². The minimum absolute atomic E-state index is 0.0541. The Morgan fingerprint density at radius 1 is 1.13 bits per heavy atom. The highest BCUT2D eigenvalue weighted by Crippen LogP contribution is 2.66. The summed E-state index contributed by atoms with van der Waals surface area (Å²) in [5.41, 5.74) is 1.14. The third kappa shape index (κ3) is 1.93. The van der Waals surface area contributed by atoms with Gasteiger partial charge in [0.05, 0.1) is 0 Å². The molecular formula is C21H28O2. The van der Waals surface area contributed by atoms with Crippen molar-refractivity contribution in [2.75, 3.05) is 0 Å². The first-order valence-corrected chi connectivity index (χ1v) is 9.31. The van der Waals surface area contributed by atoms with Crippen LogP contribution < -0.4 is 0 Å². The molecule has 23 heavy (non-hydrogen) atoms. The number of carbonyl (C=O) groups excluding carboxylic acids is 2. The second-order valence-electron chi connectivity index (χ2n) is 8.91. The summed E-state index contributed by atoms with van der Waals surface area (Å²) >= 11 is 0. The quantitative estimate of drug-likeness (QED) is 0.668. The third-order valence-electron chi connectivity index (χ3n) is 8.15. The van der Waals surface area contributed by atoms with Gasteiger partial charge in [-0.3, -0.25) is 9.59 Å². The molecule has 0 amide bonds. The van der Waals surface area contributed by atoms with E-state index in [0.29, 0.717) is 41.9 Å². The molecule has 0 heterocycles. The summed E-state index contributed by atoms with van der Waals surface area (Å²) in [6.07, 6.45) is 11.0. The average Bonchev–Trinajstić information content (AvgIpc) is 2.86. The summed E-state index contributed by atoms with van der Waals surface area (Å²) in [4.78, 5) is 24.7. The summed E-state index contributed by atoms with van der Waals surface area (Å²) < 4.78 is 0. The number of ketones is 2. The highest BCUT2D eigenvalue weighted by atomic mass is 16.1. The van der Waals surface area contributed by atoms with Crippen molar-refractivity contribution in [1.29, 1.82) is 0 Å². The highest BCUT2D eigenvalue weighted by molar-refractivity contribution is 6.05. The molecule has 6 atom stereocenters. The molecule has 0 saturated heterocycles. The smallest absolute Gasteiger partial charge is 0.159 e. The van der Waals surface area contributed by atoms with Crippen LogP contribution in [0.25, 0.3) is 0 Å². The van der Waals surface area contributed by atoms with E-state index in [0.717, 1.165) is 12.0 Å². The fourth-order valence-corrected chi connectivity index (χ4v) is 6.81. The standard InChI is InChI=1S/C21H28O2/c1-4-13-5-6-16-15-12-19(23)18-11-14(22)7-9-21(18,3)17(15)8-10-20(13,16)2/h4,11,13,15-17H,1,5-10,12H2,2-3H3/t13-,15?,16?,17?,20+,21+/m0/s1. The molecule has 0 aromatic carbocycles. The van der Waals surface area contributed by atoms with Crippen LogP contribution >= 0.6 is 0 Å². The van der Waals surface area contributed by atoms with Crippen LogP contribution in [0.15, 0.2) is 24.3 Å². The summed E-state index contributed by atoms with van der Waals surface area (Å²) in [5, 5.41) is 0. The largest absolute Gasteiger partial charge is 0.295 e. The Balaban J connectivity index is 1.73. The van der Waals surface area contributed by atoms with Crippen molar-refractivity contribution < 1.29 is 9.59 Å². The zero-order valence-corrected chi connectivity index (χ0v) is 14.4. The third-order valence-corrected chi connectivity index (χ3v) is 8.15. The number of fused-ring (bicyclic) bond motifs is 5. The average molecular weight is 312 g/mol. The van der Waals surface area contributed by atoms with E-state index >= 15 is 0 Å². The van der Waals surface area contributed by atoms with Crippen molar-refractivity contribution in [2.24, 2.45) is 34.5 Å². The van der Waals surface area contributed by atoms with E-state index in [1.807, 2.05) is 0 Å². The molecule has 0 spiro atoms. The molecule has 0 N–H and O–H groups in total. The van der Waals surface area contributed by atoms with Gasteiger partial charge < -0.3 is 0 Å². The Bertz CT molecular complexity index is 615. The lowest BCUT2D eigenvalue weighted by Crippen LogP contribution is -2.52. The number of allylic oxidation sites excluding steroid dienone is 2. The van der Waals surface area contributed by atoms with Crippen molar-refractivity contribution in [2.45, 2.75) is 58.8 Å². The molecule has 3 fully saturated rings. The molecule has 0 aliphatic heterocycles. The van der Waals surface area contributed by atoms with Crippen LogP contribution in [0.4, 0.5) is 0 Å². The lowest BCUT2D eigenvalue weighted by molar-refractivity contribution is -0.130. The maximum atomic E-state index is 12.8. The van der Waals surface area contributed by atoms with Crippen LogP contribution in [0.5, 0.6) is 0 Å². The molecule has 0 bridgehead atoms. The molecule has 0 radical (unpaired) electrons. The van der Waals surface area contributed by atoms with Crippen molar-refractivity contribution in [1.82, 2.24) is 0 Å².